The monoisotopic (exact) mass is 318 g/mol. The van der Waals surface area contributed by atoms with E-state index in [-0.39, 0.29) is 24.2 Å². The average molecular weight is 318 g/mol. The van der Waals surface area contributed by atoms with E-state index in [2.05, 4.69) is 5.32 Å². The molecule has 2 amide bonds. The molecule has 122 valence electrons. The molecule has 0 aromatic heterocycles. The predicted octanol–water partition coefficient (Wildman–Crippen LogP) is 0.246. The van der Waals surface area contributed by atoms with E-state index < -0.39 is 5.54 Å². The number of rotatable bonds is 8. The summed E-state index contributed by atoms with van der Waals surface area (Å²) in [7, 11) is 0. The molecule has 0 atom stereocenters. The maximum absolute atomic E-state index is 11.9. The molecule has 1 rings (SSSR count). The molecule has 1 saturated heterocycles. The summed E-state index contributed by atoms with van der Waals surface area (Å²) in [6.07, 6.45) is 1.37. The van der Waals surface area contributed by atoms with Gasteiger partial charge in [0.15, 0.2) is 0 Å². The van der Waals surface area contributed by atoms with Gasteiger partial charge in [-0.2, -0.15) is 0 Å². The predicted molar refractivity (Wildman–Crippen MR) is 83.3 cm³/mol. The number of aliphatic hydroxyl groups excluding tert-OH is 1. The highest BCUT2D eigenvalue weighted by Crippen LogP contribution is 2.14. The first-order valence-electron chi connectivity index (χ1n) is 7.42. The highest BCUT2D eigenvalue weighted by Gasteiger charge is 2.27. The largest absolute Gasteiger partial charge is 0.394 e. The van der Waals surface area contributed by atoms with E-state index >= 15 is 0 Å². The quantitative estimate of drug-likeness (QED) is 0.670. The summed E-state index contributed by atoms with van der Waals surface area (Å²) in [5, 5.41) is 12.3. The lowest BCUT2D eigenvalue weighted by molar-refractivity contribution is -0.132. The Morgan fingerprint density at radius 3 is 2.38 bits per heavy atom. The Hall–Kier alpha value is -0.790. The van der Waals surface area contributed by atoms with Gasteiger partial charge in [-0.1, -0.05) is 13.8 Å². The molecular formula is C14H26N2O4S. The second-order valence-electron chi connectivity index (χ2n) is 5.18. The molecule has 0 unspecified atom stereocenters. The molecule has 0 spiro atoms. The number of hydrogen-bond acceptors (Lipinski definition) is 5. The summed E-state index contributed by atoms with van der Waals surface area (Å²) in [4.78, 5) is 25.6. The van der Waals surface area contributed by atoms with Gasteiger partial charge >= 0.3 is 0 Å². The van der Waals surface area contributed by atoms with Gasteiger partial charge in [0.25, 0.3) is 0 Å². The van der Waals surface area contributed by atoms with Crippen LogP contribution in [-0.4, -0.2) is 71.8 Å². The molecule has 21 heavy (non-hydrogen) atoms. The fraction of sp³-hybridized carbons (Fsp3) is 0.857. The lowest BCUT2D eigenvalue weighted by atomic mass is 9.94. The molecule has 0 aromatic carbocycles. The molecular weight excluding hydrogens is 292 g/mol. The second-order valence-corrected chi connectivity index (χ2v) is 6.17. The van der Waals surface area contributed by atoms with Crippen LogP contribution in [0, 0.1) is 0 Å². The maximum Gasteiger partial charge on any atom is 0.232 e. The molecule has 1 heterocycles. The first kappa shape index (κ1) is 18.3. The number of nitrogens with one attached hydrogen (secondary N) is 1. The number of morpholine rings is 1. The molecule has 6 nitrogen and oxygen atoms in total. The van der Waals surface area contributed by atoms with Crippen LogP contribution in [0.3, 0.4) is 0 Å². The van der Waals surface area contributed by atoms with E-state index in [4.69, 9.17) is 4.74 Å². The summed E-state index contributed by atoms with van der Waals surface area (Å²) < 4.78 is 5.20. The summed E-state index contributed by atoms with van der Waals surface area (Å²) in [6.45, 7) is 6.24. The van der Waals surface area contributed by atoms with Gasteiger partial charge in [-0.3, -0.25) is 9.59 Å². The third-order valence-electron chi connectivity index (χ3n) is 3.88. The molecule has 1 aliphatic rings. The van der Waals surface area contributed by atoms with Gasteiger partial charge < -0.3 is 20.1 Å². The van der Waals surface area contributed by atoms with Gasteiger partial charge in [-0.05, 0) is 12.8 Å². The van der Waals surface area contributed by atoms with Crippen molar-refractivity contribution in [3.05, 3.63) is 0 Å². The minimum Gasteiger partial charge on any atom is -0.394 e. The van der Waals surface area contributed by atoms with Gasteiger partial charge in [-0.15, -0.1) is 11.8 Å². The summed E-state index contributed by atoms with van der Waals surface area (Å²) >= 11 is 1.31. The van der Waals surface area contributed by atoms with Crippen molar-refractivity contribution in [2.75, 3.05) is 44.4 Å². The Kier molecular flexibility index (Phi) is 8.06. The van der Waals surface area contributed by atoms with Crippen molar-refractivity contribution in [2.45, 2.75) is 32.2 Å². The fourth-order valence-electron chi connectivity index (χ4n) is 2.16. The van der Waals surface area contributed by atoms with E-state index in [1.165, 1.54) is 11.8 Å². The van der Waals surface area contributed by atoms with Gasteiger partial charge in [0.1, 0.15) is 0 Å². The van der Waals surface area contributed by atoms with Gasteiger partial charge in [-0.25, -0.2) is 0 Å². The Morgan fingerprint density at radius 2 is 1.86 bits per heavy atom. The van der Waals surface area contributed by atoms with Crippen molar-refractivity contribution in [3.8, 4) is 0 Å². The Bertz CT molecular complexity index is 334. The number of carbonyl (C=O) groups is 2. The lowest BCUT2D eigenvalue weighted by Gasteiger charge is -2.30. The zero-order chi connectivity index (χ0) is 15.7. The molecule has 1 aliphatic heterocycles. The van der Waals surface area contributed by atoms with Crippen LogP contribution in [0.5, 0.6) is 0 Å². The minimum absolute atomic E-state index is 0.0514. The van der Waals surface area contributed by atoms with Crippen molar-refractivity contribution < 1.29 is 19.4 Å². The average Bonchev–Trinajstić information content (AvgIpc) is 2.53. The molecule has 0 aromatic rings. The van der Waals surface area contributed by atoms with Gasteiger partial charge in [0.2, 0.25) is 11.8 Å². The highest BCUT2D eigenvalue weighted by molar-refractivity contribution is 8.00. The summed E-state index contributed by atoms with van der Waals surface area (Å²) in [5.74, 6) is 0.457. The van der Waals surface area contributed by atoms with Crippen LogP contribution in [0.4, 0.5) is 0 Å². The van der Waals surface area contributed by atoms with Crippen LogP contribution >= 0.6 is 11.8 Å². The van der Waals surface area contributed by atoms with Crippen molar-refractivity contribution in [1.82, 2.24) is 10.2 Å². The zero-order valence-corrected chi connectivity index (χ0v) is 13.7. The molecule has 7 heteroatoms. The van der Waals surface area contributed by atoms with Crippen LogP contribution in [0.2, 0.25) is 0 Å². The van der Waals surface area contributed by atoms with Crippen LogP contribution < -0.4 is 5.32 Å². The Labute approximate surface area is 130 Å². The van der Waals surface area contributed by atoms with Crippen LogP contribution in [-0.2, 0) is 14.3 Å². The van der Waals surface area contributed by atoms with E-state index in [1.807, 2.05) is 13.8 Å². The molecule has 2 N–H and O–H groups in total. The molecule has 1 fully saturated rings. The Morgan fingerprint density at radius 1 is 1.24 bits per heavy atom. The first-order valence-corrected chi connectivity index (χ1v) is 8.57. The molecule has 0 saturated carbocycles. The number of carbonyl (C=O) groups excluding carboxylic acids is 2. The normalized spacial score (nSPS) is 15.9. The Balaban J connectivity index is 2.28. The summed E-state index contributed by atoms with van der Waals surface area (Å²) in [6, 6.07) is 0. The number of aliphatic hydroxyl groups is 1. The maximum atomic E-state index is 11.9. The van der Waals surface area contributed by atoms with Crippen LogP contribution in [0.15, 0.2) is 0 Å². The number of ether oxygens (including phenoxy) is 1. The third-order valence-corrected chi connectivity index (χ3v) is 4.80. The smallest absolute Gasteiger partial charge is 0.232 e. The standard InChI is InChI=1S/C14H26N2O4S/c1-3-14(4-2,11-17)15-12(18)9-21-10-13(19)16-5-7-20-8-6-16/h17H,3-11H2,1-2H3,(H,15,18). The van der Waals surface area contributed by atoms with Crippen molar-refractivity contribution in [2.24, 2.45) is 0 Å². The van der Waals surface area contributed by atoms with E-state index in [0.29, 0.717) is 44.9 Å². The lowest BCUT2D eigenvalue weighted by Crippen LogP contribution is -2.51. The van der Waals surface area contributed by atoms with Gasteiger partial charge in [0.05, 0.1) is 36.9 Å². The van der Waals surface area contributed by atoms with Gasteiger partial charge in [0, 0.05) is 13.1 Å². The summed E-state index contributed by atoms with van der Waals surface area (Å²) in [5.41, 5.74) is -0.536. The SMILES string of the molecule is CCC(CC)(CO)NC(=O)CSCC(=O)N1CCOCC1. The van der Waals surface area contributed by atoms with E-state index in [0.717, 1.165) is 0 Å². The van der Waals surface area contributed by atoms with E-state index in [1.54, 1.807) is 4.90 Å². The fourth-order valence-corrected chi connectivity index (χ4v) is 2.87. The third kappa shape index (κ3) is 5.84. The van der Waals surface area contributed by atoms with Crippen LogP contribution in [0.25, 0.3) is 0 Å². The molecule has 0 bridgehead atoms. The van der Waals surface area contributed by atoms with E-state index in [9.17, 15) is 14.7 Å². The number of amides is 2. The minimum atomic E-state index is -0.536. The number of nitrogens with zero attached hydrogens (tertiary/aromatic N) is 1. The molecule has 0 aliphatic carbocycles. The highest BCUT2D eigenvalue weighted by atomic mass is 32.2. The second kappa shape index (κ2) is 9.27. The van der Waals surface area contributed by atoms with Crippen molar-refractivity contribution >= 4 is 23.6 Å². The zero-order valence-electron chi connectivity index (χ0n) is 12.9. The number of thioether (sulfide) groups is 1. The van der Waals surface area contributed by atoms with Crippen molar-refractivity contribution in [1.29, 1.82) is 0 Å². The number of hydrogen-bond donors (Lipinski definition) is 2. The van der Waals surface area contributed by atoms with Crippen molar-refractivity contribution in [3.63, 3.8) is 0 Å². The molecule has 0 radical (unpaired) electrons. The van der Waals surface area contributed by atoms with Crippen LogP contribution in [0.1, 0.15) is 26.7 Å². The topological polar surface area (TPSA) is 78.9 Å². The first-order chi connectivity index (χ1) is 10.1.